The molecule has 0 unspecified atom stereocenters. The average Bonchev–Trinajstić information content (AvgIpc) is 2.13. The van der Waals surface area contributed by atoms with E-state index >= 15 is 0 Å². The van der Waals surface area contributed by atoms with Crippen molar-refractivity contribution < 1.29 is 0 Å². The van der Waals surface area contributed by atoms with E-state index in [1.807, 2.05) is 0 Å². The second-order valence-corrected chi connectivity index (χ2v) is 3.31. The van der Waals surface area contributed by atoms with E-state index < -0.39 is 0 Å². The van der Waals surface area contributed by atoms with Crippen LogP contribution in [0.25, 0.3) is 0 Å². The first-order valence-corrected chi connectivity index (χ1v) is 5.38. The van der Waals surface area contributed by atoms with Gasteiger partial charge >= 0.3 is 0 Å². The topological polar surface area (TPSA) is 15.3 Å². The second kappa shape index (κ2) is 8.11. The molecule has 1 N–H and O–H groups in total. The van der Waals surface area contributed by atoms with E-state index in [1.54, 1.807) is 0 Å². The summed E-state index contributed by atoms with van der Waals surface area (Å²) < 4.78 is 0. The minimum atomic E-state index is 1.03. The van der Waals surface area contributed by atoms with E-state index in [0.717, 1.165) is 32.6 Å². The Balaban J connectivity index is 3.37. The van der Waals surface area contributed by atoms with Gasteiger partial charge in [-0.05, 0) is 19.5 Å². The van der Waals surface area contributed by atoms with E-state index in [1.165, 1.54) is 12.1 Å². The summed E-state index contributed by atoms with van der Waals surface area (Å²) in [4.78, 5) is 2.41. The number of allylic oxidation sites excluding steroid dienone is 1. The molecule has 0 aromatic rings. The Morgan fingerprint density at radius 1 is 1.23 bits per heavy atom. The van der Waals surface area contributed by atoms with E-state index in [4.69, 9.17) is 0 Å². The standard InChI is InChI=1S/C11H24N2/c1-5-8-11(4)12-9-10-13(6-2)7-3/h12H,4-10H2,1-3H3. The summed E-state index contributed by atoms with van der Waals surface area (Å²) in [6.45, 7) is 15.0. The number of nitrogens with zero attached hydrogens (tertiary/aromatic N) is 1. The SMILES string of the molecule is C=C(CCC)NCCN(CC)CC. The zero-order valence-electron chi connectivity index (χ0n) is 9.40. The Bertz CT molecular complexity index is 128. The van der Waals surface area contributed by atoms with Gasteiger partial charge in [-0.25, -0.2) is 0 Å². The molecular weight excluding hydrogens is 160 g/mol. The first-order chi connectivity index (χ1) is 6.24. The number of hydrogen-bond acceptors (Lipinski definition) is 2. The number of nitrogens with one attached hydrogen (secondary N) is 1. The van der Waals surface area contributed by atoms with Crippen LogP contribution in [0, 0.1) is 0 Å². The maximum atomic E-state index is 3.96. The Morgan fingerprint density at radius 2 is 1.85 bits per heavy atom. The highest BCUT2D eigenvalue weighted by atomic mass is 15.1. The third-order valence-corrected chi connectivity index (χ3v) is 2.25. The molecule has 0 fully saturated rings. The minimum Gasteiger partial charge on any atom is -0.388 e. The maximum absolute atomic E-state index is 3.96. The van der Waals surface area contributed by atoms with Crippen LogP contribution in [0.1, 0.15) is 33.6 Å². The zero-order valence-corrected chi connectivity index (χ0v) is 9.40. The molecule has 0 spiro atoms. The lowest BCUT2D eigenvalue weighted by atomic mass is 10.3. The highest BCUT2D eigenvalue weighted by Crippen LogP contribution is 1.96. The molecule has 78 valence electrons. The Morgan fingerprint density at radius 3 is 2.31 bits per heavy atom. The highest BCUT2D eigenvalue weighted by molar-refractivity contribution is 4.90. The molecule has 2 heteroatoms. The molecule has 0 heterocycles. The van der Waals surface area contributed by atoms with Gasteiger partial charge in [0.2, 0.25) is 0 Å². The fraction of sp³-hybridized carbons (Fsp3) is 0.818. The average molecular weight is 184 g/mol. The van der Waals surface area contributed by atoms with Gasteiger partial charge in [0, 0.05) is 18.8 Å². The molecule has 0 saturated heterocycles. The lowest BCUT2D eigenvalue weighted by Crippen LogP contribution is -2.31. The van der Waals surface area contributed by atoms with Crippen molar-refractivity contribution in [3.05, 3.63) is 12.3 Å². The van der Waals surface area contributed by atoms with Crippen LogP contribution in [0.15, 0.2) is 12.3 Å². The van der Waals surface area contributed by atoms with Crippen LogP contribution >= 0.6 is 0 Å². The summed E-state index contributed by atoms with van der Waals surface area (Å²) in [5.74, 6) is 0. The van der Waals surface area contributed by atoms with Crippen LogP contribution in [-0.4, -0.2) is 31.1 Å². The van der Waals surface area contributed by atoms with E-state index in [-0.39, 0.29) is 0 Å². The van der Waals surface area contributed by atoms with Gasteiger partial charge in [-0.2, -0.15) is 0 Å². The van der Waals surface area contributed by atoms with Gasteiger partial charge in [-0.1, -0.05) is 33.8 Å². The van der Waals surface area contributed by atoms with Gasteiger partial charge in [0.15, 0.2) is 0 Å². The number of hydrogen-bond donors (Lipinski definition) is 1. The minimum absolute atomic E-state index is 1.03. The molecule has 13 heavy (non-hydrogen) atoms. The lowest BCUT2D eigenvalue weighted by molar-refractivity contribution is 0.305. The van der Waals surface area contributed by atoms with Crippen molar-refractivity contribution in [1.29, 1.82) is 0 Å². The largest absolute Gasteiger partial charge is 0.388 e. The summed E-state index contributed by atoms with van der Waals surface area (Å²) in [7, 11) is 0. The Kier molecular flexibility index (Phi) is 7.80. The molecule has 0 rings (SSSR count). The molecule has 0 aliphatic heterocycles. The molecule has 0 saturated carbocycles. The van der Waals surface area contributed by atoms with Crippen LogP contribution in [0.4, 0.5) is 0 Å². The van der Waals surface area contributed by atoms with Crippen molar-refractivity contribution in [2.45, 2.75) is 33.6 Å². The zero-order chi connectivity index (χ0) is 10.1. The lowest BCUT2D eigenvalue weighted by Gasteiger charge is -2.18. The van der Waals surface area contributed by atoms with Gasteiger partial charge in [0.1, 0.15) is 0 Å². The van der Waals surface area contributed by atoms with E-state index in [2.05, 4.69) is 37.6 Å². The van der Waals surface area contributed by atoms with Crippen molar-refractivity contribution in [2.75, 3.05) is 26.2 Å². The second-order valence-electron chi connectivity index (χ2n) is 3.31. The molecule has 0 atom stereocenters. The van der Waals surface area contributed by atoms with Crippen molar-refractivity contribution in [1.82, 2.24) is 10.2 Å². The van der Waals surface area contributed by atoms with Crippen LogP contribution in [0.2, 0.25) is 0 Å². The molecule has 0 aliphatic carbocycles. The summed E-state index contributed by atoms with van der Waals surface area (Å²) in [5, 5.41) is 3.35. The summed E-state index contributed by atoms with van der Waals surface area (Å²) in [6.07, 6.45) is 2.27. The normalized spacial score (nSPS) is 10.5. The van der Waals surface area contributed by atoms with Gasteiger partial charge < -0.3 is 10.2 Å². The molecule has 0 radical (unpaired) electrons. The fourth-order valence-electron chi connectivity index (χ4n) is 1.32. The van der Waals surface area contributed by atoms with Crippen LogP contribution in [0.3, 0.4) is 0 Å². The third-order valence-electron chi connectivity index (χ3n) is 2.25. The van der Waals surface area contributed by atoms with Crippen molar-refractivity contribution in [2.24, 2.45) is 0 Å². The van der Waals surface area contributed by atoms with E-state index in [0.29, 0.717) is 0 Å². The van der Waals surface area contributed by atoms with Gasteiger partial charge in [-0.3, -0.25) is 0 Å². The highest BCUT2D eigenvalue weighted by Gasteiger charge is 1.97. The Hall–Kier alpha value is -0.500. The molecular formula is C11H24N2. The Labute approximate surface area is 83.0 Å². The number of likely N-dealkylation sites (N-methyl/N-ethyl adjacent to an activating group) is 1. The molecule has 0 aromatic carbocycles. The van der Waals surface area contributed by atoms with Crippen molar-refractivity contribution in [3.63, 3.8) is 0 Å². The predicted molar refractivity (Wildman–Crippen MR) is 59.8 cm³/mol. The van der Waals surface area contributed by atoms with Gasteiger partial charge in [0.05, 0.1) is 0 Å². The number of rotatable bonds is 8. The monoisotopic (exact) mass is 184 g/mol. The van der Waals surface area contributed by atoms with E-state index in [9.17, 15) is 0 Å². The molecule has 0 aliphatic rings. The maximum Gasteiger partial charge on any atom is 0.0271 e. The van der Waals surface area contributed by atoms with Crippen molar-refractivity contribution in [3.8, 4) is 0 Å². The van der Waals surface area contributed by atoms with Gasteiger partial charge in [0.25, 0.3) is 0 Å². The molecule has 2 nitrogen and oxygen atoms in total. The quantitative estimate of drug-likeness (QED) is 0.622. The molecule has 0 bridgehead atoms. The van der Waals surface area contributed by atoms with Crippen LogP contribution in [-0.2, 0) is 0 Å². The first kappa shape index (κ1) is 12.5. The predicted octanol–water partition coefficient (Wildman–Crippen LogP) is 2.23. The fourth-order valence-corrected chi connectivity index (χ4v) is 1.32. The summed E-state index contributed by atoms with van der Waals surface area (Å²) >= 11 is 0. The third kappa shape index (κ3) is 6.64. The van der Waals surface area contributed by atoms with Crippen molar-refractivity contribution >= 4 is 0 Å². The smallest absolute Gasteiger partial charge is 0.0271 e. The van der Waals surface area contributed by atoms with Crippen LogP contribution < -0.4 is 5.32 Å². The first-order valence-electron chi connectivity index (χ1n) is 5.38. The van der Waals surface area contributed by atoms with Crippen LogP contribution in [0.5, 0.6) is 0 Å². The van der Waals surface area contributed by atoms with Gasteiger partial charge in [-0.15, -0.1) is 0 Å². The molecule has 0 amide bonds. The molecule has 0 aromatic heterocycles. The summed E-state index contributed by atoms with van der Waals surface area (Å²) in [6, 6.07) is 0. The summed E-state index contributed by atoms with van der Waals surface area (Å²) in [5.41, 5.74) is 1.18.